The van der Waals surface area contributed by atoms with E-state index in [0.29, 0.717) is 24.5 Å². The Bertz CT molecular complexity index is 1000. The van der Waals surface area contributed by atoms with Gasteiger partial charge in [-0.3, -0.25) is 0 Å². The van der Waals surface area contributed by atoms with Crippen molar-refractivity contribution in [3.05, 3.63) is 60.2 Å². The van der Waals surface area contributed by atoms with Gasteiger partial charge in [0.15, 0.2) is 0 Å². The summed E-state index contributed by atoms with van der Waals surface area (Å²) < 4.78 is 48.4. The van der Waals surface area contributed by atoms with Crippen molar-refractivity contribution in [3.63, 3.8) is 0 Å². The van der Waals surface area contributed by atoms with Gasteiger partial charge in [-0.2, -0.15) is 4.31 Å². The Kier molecular flexibility index (Phi) is 8.05. The molecular formula is C22H25NO7S. The minimum atomic E-state index is -3.75. The summed E-state index contributed by atoms with van der Waals surface area (Å²) in [6.45, 7) is 1.58. The van der Waals surface area contributed by atoms with Crippen LogP contribution in [0.4, 0.5) is 0 Å². The number of para-hydroxylation sites is 1. The molecule has 0 aliphatic carbocycles. The number of morpholine rings is 1. The molecule has 0 unspecified atom stereocenters. The Labute approximate surface area is 182 Å². The molecule has 9 heteroatoms. The van der Waals surface area contributed by atoms with E-state index >= 15 is 0 Å². The minimum absolute atomic E-state index is 0.0451. The van der Waals surface area contributed by atoms with Gasteiger partial charge in [0.05, 0.1) is 20.3 Å². The van der Waals surface area contributed by atoms with Gasteiger partial charge < -0.3 is 18.9 Å². The van der Waals surface area contributed by atoms with Crippen molar-refractivity contribution in [3.8, 4) is 11.5 Å². The molecule has 2 aromatic carbocycles. The van der Waals surface area contributed by atoms with E-state index in [9.17, 15) is 13.2 Å². The highest BCUT2D eigenvalue weighted by molar-refractivity contribution is 7.89. The molecule has 0 amide bonds. The van der Waals surface area contributed by atoms with Crippen LogP contribution in [-0.2, 0) is 24.3 Å². The highest BCUT2D eigenvalue weighted by atomic mass is 32.2. The number of hydrogen-bond donors (Lipinski definition) is 0. The second-order valence-electron chi connectivity index (χ2n) is 6.59. The Morgan fingerprint density at radius 3 is 2.55 bits per heavy atom. The zero-order valence-electron chi connectivity index (χ0n) is 17.2. The Morgan fingerprint density at radius 1 is 1.10 bits per heavy atom. The predicted molar refractivity (Wildman–Crippen MR) is 115 cm³/mol. The first-order valence-electron chi connectivity index (χ1n) is 9.79. The van der Waals surface area contributed by atoms with Gasteiger partial charge in [-0.1, -0.05) is 24.3 Å². The molecule has 166 valence electrons. The molecule has 2 aromatic rings. The van der Waals surface area contributed by atoms with Crippen molar-refractivity contribution in [1.29, 1.82) is 0 Å². The maximum absolute atomic E-state index is 13.0. The average Bonchev–Trinajstić information content (AvgIpc) is 2.81. The molecule has 31 heavy (non-hydrogen) atoms. The second kappa shape index (κ2) is 10.9. The molecular weight excluding hydrogens is 422 g/mol. The molecule has 1 saturated heterocycles. The molecule has 0 saturated carbocycles. The monoisotopic (exact) mass is 447 g/mol. The van der Waals surface area contributed by atoms with Gasteiger partial charge in [0, 0.05) is 19.2 Å². The van der Waals surface area contributed by atoms with E-state index in [-0.39, 0.29) is 36.9 Å². The summed E-state index contributed by atoms with van der Waals surface area (Å²) >= 11 is 0. The topological polar surface area (TPSA) is 91.4 Å². The summed E-state index contributed by atoms with van der Waals surface area (Å²) in [7, 11) is -2.33. The van der Waals surface area contributed by atoms with E-state index in [1.165, 1.54) is 29.6 Å². The lowest BCUT2D eigenvalue weighted by Crippen LogP contribution is -2.40. The van der Waals surface area contributed by atoms with Crippen LogP contribution in [0.25, 0.3) is 6.08 Å². The van der Waals surface area contributed by atoms with Crippen LogP contribution in [0.2, 0.25) is 0 Å². The first-order valence-corrected chi connectivity index (χ1v) is 11.2. The van der Waals surface area contributed by atoms with E-state index in [1.807, 2.05) is 30.3 Å². The summed E-state index contributed by atoms with van der Waals surface area (Å²) in [6.07, 6.45) is 2.74. The predicted octanol–water partition coefficient (Wildman–Crippen LogP) is 2.35. The SMILES string of the molecule is COc1ccc(/C=C/C(=O)OCCOc2ccccc2)cc1S(=O)(=O)N1CCOCC1. The van der Waals surface area contributed by atoms with Gasteiger partial charge in [0.2, 0.25) is 10.0 Å². The summed E-state index contributed by atoms with van der Waals surface area (Å²) in [5.41, 5.74) is 0.533. The summed E-state index contributed by atoms with van der Waals surface area (Å²) in [4.78, 5) is 12.0. The van der Waals surface area contributed by atoms with Crippen molar-refractivity contribution in [2.24, 2.45) is 0 Å². The van der Waals surface area contributed by atoms with Crippen molar-refractivity contribution in [2.75, 3.05) is 46.6 Å². The number of benzene rings is 2. The van der Waals surface area contributed by atoms with E-state index in [4.69, 9.17) is 18.9 Å². The number of sulfonamides is 1. The molecule has 0 N–H and O–H groups in total. The third kappa shape index (κ3) is 6.30. The average molecular weight is 448 g/mol. The molecule has 0 spiro atoms. The van der Waals surface area contributed by atoms with Gasteiger partial charge in [-0.25, -0.2) is 13.2 Å². The molecule has 0 aromatic heterocycles. The minimum Gasteiger partial charge on any atom is -0.495 e. The quantitative estimate of drug-likeness (QED) is 0.331. The Balaban J connectivity index is 1.61. The Hall–Kier alpha value is -2.88. The van der Waals surface area contributed by atoms with E-state index in [0.717, 1.165) is 0 Å². The third-order valence-corrected chi connectivity index (χ3v) is 6.45. The molecule has 1 aliphatic rings. The smallest absolute Gasteiger partial charge is 0.330 e. The number of rotatable bonds is 9. The highest BCUT2D eigenvalue weighted by Gasteiger charge is 2.29. The number of esters is 1. The van der Waals surface area contributed by atoms with Crippen LogP contribution in [0, 0.1) is 0 Å². The number of nitrogens with zero attached hydrogens (tertiary/aromatic N) is 1. The molecule has 3 rings (SSSR count). The van der Waals surface area contributed by atoms with Crippen LogP contribution in [0.15, 0.2) is 59.5 Å². The fraction of sp³-hybridized carbons (Fsp3) is 0.318. The van der Waals surface area contributed by atoms with Crippen molar-refractivity contribution < 1.29 is 32.2 Å². The molecule has 1 aliphatic heterocycles. The number of carbonyl (C=O) groups is 1. The second-order valence-corrected chi connectivity index (χ2v) is 8.50. The molecule has 0 bridgehead atoms. The van der Waals surface area contributed by atoms with Crippen LogP contribution in [0.5, 0.6) is 11.5 Å². The van der Waals surface area contributed by atoms with Gasteiger partial charge in [0.1, 0.15) is 29.6 Å². The number of ether oxygens (including phenoxy) is 4. The van der Waals surface area contributed by atoms with Crippen molar-refractivity contribution >= 4 is 22.1 Å². The van der Waals surface area contributed by atoms with Crippen LogP contribution in [-0.4, -0.2) is 65.3 Å². The number of carbonyl (C=O) groups excluding carboxylic acids is 1. The van der Waals surface area contributed by atoms with E-state index < -0.39 is 16.0 Å². The fourth-order valence-corrected chi connectivity index (χ4v) is 4.55. The van der Waals surface area contributed by atoms with Gasteiger partial charge >= 0.3 is 5.97 Å². The number of hydrogen-bond acceptors (Lipinski definition) is 7. The molecule has 8 nitrogen and oxygen atoms in total. The largest absolute Gasteiger partial charge is 0.495 e. The maximum atomic E-state index is 13.0. The van der Waals surface area contributed by atoms with E-state index in [2.05, 4.69) is 0 Å². The fourth-order valence-electron chi connectivity index (χ4n) is 2.96. The van der Waals surface area contributed by atoms with Crippen LogP contribution >= 0.6 is 0 Å². The zero-order valence-corrected chi connectivity index (χ0v) is 18.0. The van der Waals surface area contributed by atoms with Crippen LogP contribution in [0.1, 0.15) is 5.56 Å². The standard InChI is InChI=1S/C22H25NO7S/c1-27-20-9-7-18(17-21(20)31(25,26)23-11-13-28-14-12-23)8-10-22(24)30-16-15-29-19-5-3-2-4-6-19/h2-10,17H,11-16H2,1H3/b10-8+. The maximum Gasteiger partial charge on any atom is 0.330 e. The highest BCUT2D eigenvalue weighted by Crippen LogP contribution is 2.28. The van der Waals surface area contributed by atoms with Crippen molar-refractivity contribution in [1.82, 2.24) is 4.31 Å². The molecule has 0 atom stereocenters. The normalized spacial score (nSPS) is 15.0. The first kappa shape index (κ1) is 22.8. The molecule has 1 fully saturated rings. The zero-order chi connectivity index (χ0) is 22.1. The Morgan fingerprint density at radius 2 is 1.84 bits per heavy atom. The summed E-state index contributed by atoms with van der Waals surface area (Å²) in [5, 5.41) is 0. The van der Waals surface area contributed by atoms with Gasteiger partial charge in [-0.15, -0.1) is 0 Å². The molecule has 1 heterocycles. The summed E-state index contributed by atoms with van der Waals surface area (Å²) in [6, 6.07) is 13.9. The van der Waals surface area contributed by atoms with Crippen LogP contribution in [0.3, 0.4) is 0 Å². The lowest BCUT2D eigenvalue weighted by atomic mass is 10.2. The van der Waals surface area contributed by atoms with Gasteiger partial charge in [-0.05, 0) is 35.9 Å². The lowest BCUT2D eigenvalue weighted by Gasteiger charge is -2.26. The van der Waals surface area contributed by atoms with E-state index in [1.54, 1.807) is 12.1 Å². The van der Waals surface area contributed by atoms with Crippen LogP contribution < -0.4 is 9.47 Å². The third-order valence-electron chi connectivity index (χ3n) is 4.53. The molecule has 0 radical (unpaired) electrons. The van der Waals surface area contributed by atoms with Gasteiger partial charge in [0.25, 0.3) is 0 Å². The lowest BCUT2D eigenvalue weighted by molar-refractivity contribution is -0.138. The summed E-state index contributed by atoms with van der Waals surface area (Å²) in [5.74, 6) is 0.385. The number of methoxy groups -OCH3 is 1. The first-order chi connectivity index (χ1) is 15.0. The van der Waals surface area contributed by atoms with Crippen molar-refractivity contribution in [2.45, 2.75) is 4.90 Å².